The monoisotopic (exact) mass is 278 g/mol. The highest BCUT2D eigenvalue weighted by Gasteiger charge is 2.45. The van der Waals surface area contributed by atoms with Crippen LogP contribution in [0.4, 0.5) is 11.8 Å². The minimum absolute atomic E-state index is 0.0329. The van der Waals surface area contributed by atoms with Gasteiger partial charge in [-0.15, -0.1) is 0 Å². The topological polar surface area (TPSA) is 84.5 Å². The van der Waals surface area contributed by atoms with Gasteiger partial charge in [0.05, 0.1) is 13.2 Å². The first-order chi connectivity index (χ1) is 9.63. The van der Waals surface area contributed by atoms with E-state index in [9.17, 15) is 5.11 Å². The third kappa shape index (κ3) is 2.28. The van der Waals surface area contributed by atoms with E-state index in [2.05, 4.69) is 14.9 Å². The molecule has 0 unspecified atom stereocenters. The maximum atomic E-state index is 10.3. The van der Waals surface area contributed by atoms with Crippen LogP contribution in [0.25, 0.3) is 0 Å². The highest BCUT2D eigenvalue weighted by atomic mass is 16.5. The molecule has 6 nitrogen and oxygen atoms in total. The van der Waals surface area contributed by atoms with Crippen LogP contribution in [-0.4, -0.2) is 41.4 Å². The number of hydrogen-bond acceptors (Lipinski definition) is 6. The molecule has 110 valence electrons. The SMILES string of the molecule is COc1cc(N2CCC[C@]3(CCC[C@H]3O)C2)nc(N)n1. The summed E-state index contributed by atoms with van der Waals surface area (Å²) in [5.41, 5.74) is 5.77. The van der Waals surface area contributed by atoms with E-state index in [0.717, 1.165) is 51.0 Å². The Balaban J connectivity index is 1.85. The lowest BCUT2D eigenvalue weighted by molar-refractivity contribution is 0.0408. The molecule has 0 aromatic carbocycles. The molecule has 1 aliphatic heterocycles. The average molecular weight is 278 g/mol. The number of piperidine rings is 1. The summed E-state index contributed by atoms with van der Waals surface area (Å²) in [4.78, 5) is 10.5. The van der Waals surface area contributed by atoms with Crippen molar-refractivity contribution in [3.63, 3.8) is 0 Å². The van der Waals surface area contributed by atoms with Crippen molar-refractivity contribution in [2.45, 2.75) is 38.2 Å². The average Bonchev–Trinajstić information content (AvgIpc) is 2.79. The second kappa shape index (κ2) is 5.09. The van der Waals surface area contributed by atoms with Gasteiger partial charge in [0.15, 0.2) is 0 Å². The highest BCUT2D eigenvalue weighted by molar-refractivity contribution is 5.46. The number of aromatic nitrogens is 2. The van der Waals surface area contributed by atoms with Crippen LogP contribution in [0, 0.1) is 5.41 Å². The molecule has 1 saturated heterocycles. The van der Waals surface area contributed by atoms with Gasteiger partial charge >= 0.3 is 0 Å². The second-order valence-electron chi connectivity index (χ2n) is 5.92. The second-order valence-corrected chi connectivity index (χ2v) is 5.92. The molecule has 0 bridgehead atoms. The van der Waals surface area contributed by atoms with E-state index in [4.69, 9.17) is 10.5 Å². The first-order valence-corrected chi connectivity index (χ1v) is 7.24. The maximum Gasteiger partial charge on any atom is 0.225 e. The van der Waals surface area contributed by atoms with Gasteiger partial charge in [-0.1, -0.05) is 6.42 Å². The molecule has 1 saturated carbocycles. The van der Waals surface area contributed by atoms with E-state index in [1.165, 1.54) is 0 Å². The number of rotatable bonds is 2. The Morgan fingerprint density at radius 3 is 2.90 bits per heavy atom. The van der Waals surface area contributed by atoms with E-state index in [1.807, 2.05) is 6.07 Å². The van der Waals surface area contributed by atoms with Crippen molar-refractivity contribution in [2.75, 3.05) is 30.8 Å². The zero-order chi connectivity index (χ0) is 14.2. The van der Waals surface area contributed by atoms with E-state index < -0.39 is 0 Å². The van der Waals surface area contributed by atoms with Crippen LogP contribution < -0.4 is 15.4 Å². The number of nitrogens with two attached hydrogens (primary N) is 1. The highest BCUT2D eigenvalue weighted by Crippen LogP contribution is 2.45. The number of nitrogen functional groups attached to an aromatic ring is 1. The molecule has 2 heterocycles. The molecule has 6 heteroatoms. The Morgan fingerprint density at radius 2 is 2.20 bits per heavy atom. The summed E-state index contributed by atoms with van der Waals surface area (Å²) < 4.78 is 5.16. The van der Waals surface area contributed by atoms with Gasteiger partial charge in [-0.25, -0.2) is 0 Å². The summed E-state index contributed by atoms with van der Waals surface area (Å²) in [5.74, 6) is 1.51. The molecule has 3 rings (SSSR count). The number of anilines is 2. The Kier molecular flexibility index (Phi) is 3.41. The van der Waals surface area contributed by atoms with Crippen molar-refractivity contribution < 1.29 is 9.84 Å². The molecular weight excluding hydrogens is 256 g/mol. The molecule has 2 atom stereocenters. The summed E-state index contributed by atoms with van der Waals surface area (Å²) in [6.07, 6.45) is 5.12. The van der Waals surface area contributed by atoms with E-state index in [-0.39, 0.29) is 17.5 Å². The van der Waals surface area contributed by atoms with Gasteiger partial charge in [0, 0.05) is 24.6 Å². The quantitative estimate of drug-likeness (QED) is 0.845. The first-order valence-electron chi connectivity index (χ1n) is 7.24. The third-order valence-electron chi connectivity index (χ3n) is 4.71. The third-order valence-corrected chi connectivity index (χ3v) is 4.71. The van der Waals surface area contributed by atoms with Gasteiger partial charge < -0.3 is 20.5 Å². The summed E-state index contributed by atoms with van der Waals surface area (Å²) in [5, 5.41) is 10.3. The van der Waals surface area contributed by atoms with Gasteiger partial charge in [0.25, 0.3) is 0 Å². The Bertz CT molecular complexity index is 496. The fourth-order valence-electron chi connectivity index (χ4n) is 3.65. The van der Waals surface area contributed by atoms with Gasteiger partial charge in [0.2, 0.25) is 11.8 Å². The molecule has 2 fully saturated rings. The van der Waals surface area contributed by atoms with Crippen LogP contribution in [0.15, 0.2) is 6.07 Å². The first kappa shape index (κ1) is 13.4. The summed E-state index contributed by atoms with van der Waals surface area (Å²) in [6, 6.07) is 1.82. The molecule has 0 radical (unpaired) electrons. The molecule has 20 heavy (non-hydrogen) atoms. The number of methoxy groups -OCH3 is 1. The maximum absolute atomic E-state index is 10.3. The summed E-state index contributed by atoms with van der Waals surface area (Å²) >= 11 is 0. The van der Waals surface area contributed by atoms with Crippen molar-refractivity contribution in [1.82, 2.24) is 9.97 Å². The van der Waals surface area contributed by atoms with Crippen LogP contribution in [0.1, 0.15) is 32.1 Å². The zero-order valence-electron chi connectivity index (χ0n) is 11.9. The van der Waals surface area contributed by atoms with Gasteiger partial charge in [-0.05, 0) is 25.7 Å². The number of aliphatic hydroxyl groups is 1. The van der Waals surface area contributed by atoms with Gasteiger partial charge in [-0.3, -0.25) is 0 Å². The van der Waals surface area contributed by atoms with Crippen LogP contribution in [0.5, 0.6) is 5.88 Å². The standard InChI is InChI=1S/C14H22N4O2/c1-20-12-8-11(16-13(15)17-12)18-7-3-6-14(9-18)5-2-4-10(14)19/h8,10,19H,2-7,9H2,1H3,(H2,15,16,17)/t10-,14-/m1/s1. The molecule has 1 aromatic rings. The zero-order valence-corrected chi connectivity index (χ0v) is 11.9. The molecule has 1 aliphatic carbocycles. The number of nitrogens with zero attached hydrogens (tertiary/aromatic N) is 3. The Hall–Kier alpha value is -1.56. The Labute approximate surface area is 119 Å². The minimum Gasteiger partial charge on any atom is -0.481 e. The molecule has 2 aliphatic rings. The van der Waals surface area contributed by atoms with Crippen molar-refractivity contribution >= 4 is 11.8 Å². The minimum atomic E-state index is -0.189. The lowest BCUT2D eigenvalue weighted by Crippen LogP contribution is -2.47. The fraction of sp³-hybridized carbons (Fsp3) is 0.714. The largest absolute Gasteiger partial charge is 0.481 e. The van der Waals surface area contributed by atoms with Gasteiger partial charge in [-0.2, -0.15) is 9.97 Å². The van der Waals surface area contributed by atoms with E-state index in [1.54, 1.807) is 7.11 Å². The molecular formula is C14H22N4O2. The number of aliphatic hydroxyl groups excluding tert-OH is 1. The lowest BCUT2D eigenvalue weighted by Gasteiger charge is -2.43. The van der Waals surface area contributed by atoms with Crippen molar-refractivity contribution in [1.29, 1.82) is 0 Å². The lowest BCUT2D eigenvalue weighted by atomic mass is 9.77. The van der Waals surface area contributed by atoms with Crippen LogP contribution in [-0.2, 0) is 0 Å². The van der Waals surface area contributed by atoms with Crippen LogP contribution in [0.2, 0.25) is 0 Å². The van der Waals surface area contributed by atoms with Crippen molar-refractivity contribution in [3.8, 4) is 5.88 Å². The van der Waals surface area contributed by atoms with Crippen molar-refractivity contribution in [3.05, 3.63) is 6.07 Å². The van der Waals surface area contributed by atoms with Crippen molar-refractivity contribution in [2.24, 2.45) is 5.41 Å². The smallest absolute Gasteiger partial charge is 0.225 e. The number of ether oxygens (including phenoxy) is 1. The number of hydrogen-bond donors (Lipinski definition) is 2. The fourth-order valence-corrected chi connectivity index (χ4v) is 3.65. The molecule has 3 N–H and O–H groups in total. The predicted molar refractivity (Wildman–Crippen MR) is 76.7 cm³/mol. The van der Waals surface area contributed by atoms with E-state index in [0.29, 0.717) is 5.88 Å². The Morgan fingerprint density at radius 1 is 1.40 bits per heavy atom. The van der Waals surface area contributed by atoms with E-state index >= 15 is 0 Å². The van der Waals surface area contributed by atoms with Crippen LogP contribution >= 0.6 is 0 Å². The molecule has 0 amide bonds. The molecule has 1 aromatic heterocycles. The summed E-state index contributed by atoms with van der Waals surface area (Å²) in [7, 11) is 1.57. The van der Waals surface area contributed by atoms with Crippen LogP contribution in [0.3, 0.4) is 0 Å². The summed E-state index contributed by atoms with van der Waals surface area (Å²) in [6.45, 7) is 1.78. The normalized spacial score (nSPS) is 29.9. The molecule has 1 spiro atoms. The van der Waals surface area contributed by atoms with Gasteiger partial charge in [0.1, 0.15) is 5.82 Å². The predicted octanol–water partition coefficient (Wildman–Crippen LogP) is 1.20.